The van der Waals surface area contributed by atoms with E-state index in [9.17, 15) is 9.59 Å². The molecule has 1 fully saturated rings. The lowest BCUT2D eigenvalue weighted by atomic mass is 9.91. The molecule has 2 aliphatic rings. The van der Waals surface area contributed by atoms with Crippen molar-refractivity contribution in [1.29, 1.82) is 0 Å². The molecule has 0 saturated carbocycles. The highest BCUT2D eigenvalue weighted by Gasteiger charge is 2.51. The Morgan fingerprint density at radius 1 is 1.17 bits per heavy atom. The van der Waals surface area contributed by atoms with E-state index in [1.54, 1.807) is 47.8 Å². The van der Waals surface area contributed by atoms with Gasteiger partial charge in [0.15, 0.2) is 5.60 Å². The number of fused-ring (bicyclic) bond motifs is 2. The molecule has 29 heavy (non-hydrogen) atoms. The van der Waals surface area contributed by atoms with Gasteiger partial charge >= 0.3 is 5.97 Å². The number of rotatable bonds is 2. The Bertz CT molecular complexity index is 1140. The molecule has 1 saturated heterocycles. The summed E-state index contributed by atoms with van der Waals surface area (Å²) in [6.45, 7) is 0.805. The van der Waals surface area contributed by atoms with Gasteiger partial charge in [0.1, 0.15) is 0 Å². The number of esters is 1. The van der Waals surface area contributed by atoms with Gasteiger partial charge < -0.3 is 9.64 Å². The molecule has 0 bridgehead atoms. The minimum Gasteiger partial charge on any atom is -0.449 e. The van der Waals surface area contributed by atoms with Crippen molar-refractivity contribution < 1.29 is 14.3 Å². The van der Waals surface area contributed by atoms with Gasteiger partial charge in [-0.05, 0) is 18.2 Å². The number of halogens is 1. The van der Waals surface area contributed by atoms with Crippen LogP contribution in [0.1, 0.15) is 32.7 Å². The molecule has 1 atom stereocenters. The van der Waals surface area contributed by atoms with Gasteiger partial charge in [-0.2, -0.15) is 0 Å². The molecule has 2 aliphatic heterocycles. The third kappa shape index (κ3) is 2.87. The van der Waals surface area contributed by atoms with E-state index in [1.165, 1.54) is 0 Å². The van der Waals surface area contributed by atoms with Crippen molar-refractivity contribution >= 4 is 23.5 Å². The van der Waals surface area contributed by atoms with Crippen LogP contribution in [0.3, 0.4) is 0 Å². The number of likely N-dealkylation sites (tertiary alicyclic amines) is 1. The largest absolute Gasteiger partial charge is 0.449 e. The highest BCUT2D eigenvalue weighted by molar-refractivity contribution is 6.34. The van der Waals surface area contributed by atoms with Crippen LogP contribution in [0.25, 0.3) is 11.3 Å². The number of carbonyl (C=O) groups is 2. The first kappa shape index (κ1) is 17.8. The van der Waals surface area contributed by atoms with Gasteiger partial charge in [0.25, 0.3) is 5.91 Å². The van der Waals surface area contributed by atoms with Crippen LogP contribution in [0.5, 0.6) is 0 Å². The highest BCUT2D eigenvalue weighted by atomic mass is 35.5. The third-order valence-corrected chi connectivity index (χ3v) is 5.82. The molecule has 1 spiro atoms. The number of benzene rings is 2. The Morgan fingerprint density at radius 2 is 2.03 bits per heavy atom. The fourth-order valence-electron chi connectivity index (χ4n) is 4.07. The lowest BCUT2D eigenvalue weighted by Gasteiger charge is -2.24. The lowest BCUT2D eigenvalue weighted by molar-refractivity contribution is -0.00306. The Balaban J connectivity index is 1.41. The molecule has 1 amide bonds. The van der Waals surface area contributed by atoms with Crippen molar-refractivity contribution in [2.24, 2.45) is 0 Å². The van der Waals surface area contributed by atoms with Gasteiger partial charge in [-0.3, -0.25) is 14.8 Å². The van der Waals surface area contributed by atoms with Crippen LogP contribution in [-0.2, 0) is 10.3 Å². The standard InChI is InChI=1S/C22H16ClN3O3/c23-18-11-14(19-12-24-8-9-25-19)5-6-16(18)20(27)26-10-7-22(13-26)17-4-2-1-3-15(17)21(28)29-22/h1-6,8-9,11-12H,7,10,13H2/t22-/m0/s1. The molecule has 1 aromatic heterocycles. The summed E-state index contributed by atoms with van der Waals surface area (Å²) in [4.78, 5) is 35.4. The van der Waals surface area contributed by atoms with Crippen molar-refractivity contribution in [2.45, 2.75) is 12.0 Å². The fourth-order valence-corrected chi connectivity index (χ4v) is 4.33. The first-order chi connectivity index (χ1) is 14.1. The molecule has 3 aromatic rings. The van der Waals surface area contributed by atoms with E-state index in [4.69, 9.17) is 16.3 Å². The van der Waals surface area contributed by atoms with Crippen LogP contribution in [0.15, 0.2) is 61.1 Å². The third-order valence-electron chi connectivity index (χ3n) is 5.50. The molecular weight excluding hydrogens is 390 g/mol. The molecule has 0 unspecified atom stereocenters. The maximum atomic E-state index is 13.1. The van der Waals surface area contributed by atoms with Crippen LogP contribution >= 0.6 is 11.6 Å². The summed E-state index contributed by atoms with van der Waals surface area (Å²) in [6.07, 6.45) is 5.41. The summed E-state index contributed by atoms with van der Waals surface area (Å²) >= 11 is 6.43. The monoisotopic (exact) mass is 405 g/mol. The van der Waals surface area contributed by atoms with Crippen LogP contribution in [0.4, 0.5) is 0 Å². The zero-order valence-corrected chi connectivity index (χ0v) is 16.1. The number of carbonyl (C=O) groups excluding carboxylic acids is 2. The van der Waals surface area contributed by atoms with E-state index in [2.05, 4.69) is 9.97 Å². The molecule has 0 radical (unpaired) electrons. The van der Waals surface area contributed by atoms with Crippen molar-refractivity contribution in [2.75, 3.05) is 13.1 Å². The average Bonchev–Trinajstić information content (AvgIpc) is 3.30. The molecule has 6 nitrogen and oxygen atoms in total. The van der Waals surface area contributed by atoms with Gasteiger partial charge in [-0.25, -0.2) is 4.79 Å². The zero-order valence-electron chi connectivity index (χ0n) is 15.3. The predicted molar refractivity (Wildman–Crippen MR) is 107 cm³/mol. The second-order valence-electron chi connectivity index (χ2n) is 7.19. The highest BCUT2D eigenvalue weighted by Crippen LogP contribution is 2.43. The number of aromatic nitrogens is 2. The van der Waals surface area contributed by atoms with Crippen LogP contribution in [0.2, 0.25) is 5.02 Å². The molecule has 7 heteroatoms. The van der Waals surface area contributed by atoms with Gasteiger partial charge in [0.05, 0.1) is 34.6 Å². The predicted octanol–water partition coefficient (Wildman–Crippen LogP) is 3.71. The summed E-state index contributed by atoms with van der Waals surface area (Å²) in [5, 5.41) is 0.350. The zero-order chi connectivity index (χ0) is 20.0. The Kier molecular flexibility index (Phi) is 4.10. The van der Waals surface area contributed by atoms with E-state index in [0.717, 1.165) is 11.1 Å². The topological polar surface area (TPSA) is 72.4 Å². The van der Waals surface area contributed by atoms with Crippen molar-refractivity contribution in [1.82, 2.24) is 14.9 Å². The van der Waals surface area contributed by atoms with E-state index in [1.807, 2.05) is 18.2 Å². The van der Waals surface area contributed by atoms with E-state index in [-0.39, 0.29) is 11.9 Å². The van der Waals surface area contributed by atoms with Crippen LogP contribution in [-0.4, -0.2) is 39.8 Å². The molecule has 2 aromatic carbocycles. The maximum absolute atomic E-state index is 13.1. The molecule has 3 heterocycles. The lowest BCUT2D eigenvalue weighted by Crippen LogP contribution is -2.34. The number of nitrogens with zero attached hydrogens (tertiary/aromatic N) is 3. The quantitative estimate of drug-likeness (QED) is 0.608. The van der Waals surface area contributed by atoms with Crippen LogP contribution < -0.4 is 0 Å². The normalized spacial score (nSPS) is 20.0. The summed E-state index contributed by atoms with van der Waals surface area (Å²) in [7, 11) is 0. The summed E-state index contributed by atoms with van der Waals surface area (Å²) < 4.78 is 5.72. The fraction of sp³-hybridized carbons (Fsp3) is 0.182. The molecule has 0 aliphatic carbocycles. The minimum atomic E-state index is -0.768. The van der Waals surface area contributed by atoms with Crippen molar-refractivity contribution in [3.63, 3.8) is 0 Å². The Labute approximate surface area is 172 Å². The van der Waals surface area contributed by atoms with Gasteiger partial charge in [-0.1, -0.05) is 35.9 Å². The van der Waals surface area contributed by atoms with E-state index < -0.39 is 5.60 Å². The van der Waals surface area contributed by atoms with Gasteiger partial charge in [0, 0.05) is 36.5 Å². The van der Waals surface area contributed by atoms with Crippen molar-refractivity contribution in [3.8, 4) is 11.3 Å². The van der Waals surface area contributed by atoms with Crippen LogP contribution in [0, 0.1) is 0 Å². The number of ether oxygens (including phenoxy) is 1. The molecular formula is C22H16ClN3O3. The van der Waals surface area contributed by atoms with Crippen molar-refractivity contribution in [3.05, 3.63) is 82.8 Å². The first-order valence-electron chi connectivity index (χ1n) is 9.25. The molecule has 5 rings (SSSR count). The summed E-state index contributed by atoms with van der Waals surface area (Å²) in [6, 6.07) is 12.6. The second kappa shape index (κ2) is 6.67. The molecule has 0 N–H and O–H groups in total. The first-order valence-corrected chi connectivity index (χ1v) is 9.63. The number of hydrogen-bond donors (Lipinski definition) is 0. The Hall–Kier alpha value is -3.25. The van der Waals surface area contributed by atoms with Gasteiger partial charge in [0.2, 0.25) is 0 Å². The molecule has 144 valence electrons. The SMILES string of the molecule is O=C1O[C@]2(CCN(C(=O)c3ccc(-c4cnccn4)cc3Cl)C2)c2ccccc21. The number of amides is 1. The second-order valence-corrected chi connectivity index (χ2v) is 7.60. The minimum absolute atomic E-state index is 0.182. The van der Waals surface area contributed by atoms with E-state index >= 15 is 0 Å². The smallest absolute Gasteiger partial charge is 0.339 e. The summed E-state index contributed by atoms with van der Waals surface area (Å²) in [5.41, 5.74) is 2.54. The summed E-state index contributed by atoms with van der Waals surface area (Å²) in [5.74, 6) is -0.515. The van der Waals surface area contributed by atoms with E-state index in [0.29, 0.717) is 41.4 Å². The van der Waals surface area contributed by atoms with Gasteiger partial charge in [-0.15, -0.1) is 0 Å². The Morgan fingerprint density at radius 3 is 2.83 bits per heavy atom. The maximum Gasteiger partial charge on any atom is 0.339 e. The number of hydrogen-bond acceptors (Lipinski definition) is 5. The average molecular weight is 406 g/mol.